The van der Waals surface area contributed by atoms with Crippen LogP contribution in [0.2, 0.25) is 0 Å². The van der Waals surface area contributed by atoms with E-state index in [1.807, 2.05) is 37.3 Å². The molecule has 1 unspecified atom stereocenters. The topological polar surface area (TPSA) is 32.3 Å². The molecular weight excluding hydrogens is 346 g/mol. The highest BCUT2D eigenvalue weighted by Gasteiger charge is 2.24. The number of nitrogens with one attached hydrogen (secondary N) is 1. The van der Waals surface area contributed by atoms with E-state index in [1.54, 1.807) is 6.07 Å². The van der Waals surface area contributed by atoms with Gasteiger partial charge in [0.1, 0.15) is 0 Å². The summed E-state index contributed by atoms with van der Waals surface area (Å²) in [6.07, 6.45) is 2.98. The fraction of sp³-hybridized carbons (Fsp3) is 0.409. The number of halogens is 2. The van der Waals surface area contributed by atoms with E-state index in [-0.39, 0.29) is 18.0 Å². The maximum absolute atomic E-state index is 13.5. The molecule has 2 aromatic carbocycles. The normalized spacial score (nSPS) is 16.9. The SMILES string of the molecule is CC(c1ccc(F)c(F)c1)N1CCC(NC(=O)CCc2ccccc2)CC1. The molecule has 27 heavy (non-hydrogen) atoms. The lowest BCUT2D eigenvalue weighted by atomic mass is 9.99. The second kappa shape index (κ2) is 9.09. The number of aryl methyl sites for hydroxylation is 1. The Hall–Kier alpha value is -2.27. The van der Waals surface area contributed by atoms with Crippen molar-refractivity contribution in [2.24, 2.45) is 0 Å². The van der Waals surface area contributed by atoms with Gasteiger partial charge in [-0.25, -0.2) is 8.78 Å². The van der Waals surface area contributed by atoms with Crippen LogP contribution in [0.1, 0.15) is 43.4 Å². The summed E-state index contributed by atoms with van der Waals surface area (Å²) in [5, 5.41) is 3.13. The highest BCUT2D eigenvalue weighted by Crippen LogP contribution is 2.25. The molecule has 3 nitrogen and oxygen atoms in total. The molecule has 1 amide bonds. The molecule has 1 atom stereocenters. The van der Waals surface area contributed by atoms with Crippen molar-refractivity contribution in [2.45, 2.75) is 44.7 Å². The molecule has 2 aromatic rings. The van der Waals surface area contributed by atoms with Crippen LogP contribution in [0.25, 0.3) is 0 Å². The fourth-order valence-electron chi connectivity index (χ4n) is 3.62. The second-order valence-electron chi connectivity index (χ2n) is 7.21. The molecule has 0 aliphatic carbocycles. The maximum Gasteiger partial charge on any atom is 0.220 e. The third-order valence-electron chi connectivity index (χ3n) is 5.35. The minimum Gasteiger partial charge on any atom is -0.353 e. The van der Waals surface area contributed by atoms with E-state index < -0.39 is 11.6 Å². The Balaban J connectivity index is 1.44. The Labute approximate surface area is 159 Å². The van der Waals surface area contributed by atoms with Gasteiger partial charge in [0.05, 0.1) is 0 Å². The van der Waals surface area contributed by atoms with Crippen LogP contribution < -0.4 is 5.32 Å². The van der Waals surface area contributed by atoms with E-state index in [2.05, 4.69) is 10.2 Å². The number of carbonyl (C=O) groups excluding carboxylic acids is 1. The number of hydrogen-bond acceptors (Lipinski definition) is 2. The van der Waals surface area contributed by atoms with E-state index in [0.717, 1.165) is 37.9 Å². The van der Waals surface area contributed by atoms with Crippen LogP contribution in [0.5, 0.6) is 0 Å². The van der Waals surface area contributed by atoms with E-state index in [4.69, 9.17) is 0 Å². The molecule has 1 aliphatic rings. The van der Waals surface area contributed by atoms with Crippen LogP contribution in [0.15, 0.2) is 48.5 Å². The van der Waals surface area contributed by atoms with Crippen molar-refractivity contribution >= 4 is 5.91 Å². The predicted octanol–water partition coefficient (Wildman–Crippen LogP) is 4.24. The van der Waals surface area contributed by atoms with Crippen LogP contribution in [0.4, 0.5) is 8.78 Å². The van der Waals surface area contributed by atoms with Crippen LogP contribution in [0.3, 0.4) is 0 Å². The summed E-state index contributed by atoms with van der Waals surface area (Å²) in [5.41, 5.74) is 1.95. The largest absolute Gasteiger partial charge is 0.353 e. The summed E-state index contributed by atoms with van der Waals surface area (Å²) in [6, 6.07) is 14.3. The number of rotatable bonds is 6. The van der Waals surface area contributed by atoms with Gasteiger partial charge in [0.25, 0.3) is 0 Å². The summed E-state index contributed by atoms with van der Waals surface area (Å²) in [6.45, 7) is 3.65. The van der Waals surface area contributed by atoms with Gasteiger partial charge >= 0.3 is 0 Å². The Bertz CT molecular complexity index is 758. The monoisotopic (exact) mass is 372 g/mol. The zero-order valence-electron chi connectivity index (χ0n) is 15.6. The summed E-state index contributed by atoms with van der Waals surface area (Å²) in [4.78, 5) is 14.4. The molecule has 144 valence electrons. The smallest absolute Gasteiger partial charge is 0.220 e. The number of benzene rings is 2. The molecule has 3 rings (SSSR count). The lowest BCUT2D eigenvalue weighted by molar-refractivity contribution is -0.122. The van der Waals surface area contributed by atoms with Gasteiger partial charge in [-0.05, 0) is 49.4 Å². The van der Waals surface area contributed by atoms with E-state index in [9.17, 15) is 13.6 Å². The highest BCUT2D eigenvalue weighted by atomic mass is 19.2. The average Bonchev–Trinajstić information content (AvgIpc) is 2.69. The average molecular weight is 372 g/mol. The molecule has 1 N–H and O–H groups in total. The van der Waals surface area contributed by atoms with Crippen LogP contribution in [-0.4, -0.2) is 29.9 Å². The Kier molecular flexibility index (Phi) is 6.56. The van der Waals surface area contributed by atoms with Crippen LogP contribution in [-0.2, 0) is 11.2 Å². The van der Waals surface area contributed by atoms with Crippen molar-refractivity contribution in [3.63, 3.8) is 0 Å². The standard InChI is InChI=1S/C22H26F2N2O/c1-16(18-8-9-20(23)21(24)15-18)26-13-11-19(12-14-26)25-22(27)10-7-17-5-3-2-4-6-17/h2-6,8-9,15-16,19H,7,10-14H2,1H3,(H,25,27). The molecule has 0 spiro atoms. The number of amides is 1. The molecule has 0 saturated carbocycles. The van der Waals surface area contributed by atoms with Gasteiger partial charge < -0.3 is 5.32 Å². The van der Waals surface area contributed by atoms with Crippen molar-refractivity contribution in [3.8, 4) is 0 Å². The summed E-state index contributed by atoms with van der Waals surface area (Å²) in [7, 11) is 0. The van der Waals surface area contributed by atoms with Crippen molar-refractivity contribution in [2.75, 3.05) is 13.1 Å². The first-order valence-electron chi connectivity index (χ1n) is 9.55. The van der Waals surface area contributed by atoms with Crippen molar-refractivity contribution in [3.05, 3.63) is 71.3 Å². The first kappa shape index (κ1) is 19.5. The summed E-state index contributed by atoms with van der Waals surface area (Å²) in [5.74, 6) is -1.53. The molecule has 0 radical (unpaired) electrons. The Morgan fingerprint density at radius 3 is 2.48 bits per heavy atom. The first-order chi connectivity index (χ1) is 13.0. The quantitative estimate of drug-likeness (QED) is 0.823. The number of carbonyl (C=O) groups is 1. The lowest BCUT2D eigenvalue weighted by Gasteiger charge is -2.36. The van der Waals surface area contributed by atoms with Gasteiger partial charge in [-0.2, -0.15) is 0 Å². The number of hydrogen-bond donors (Lipinski definition) is 1. The van der Waals surface area contributed by atoms with Gasteiger partial charge in [0.15, 0.2) is 11.6 Å². The molecule has 1 aliphatic heterocycles. The number of likely N-dealkylation sites (tertiary alicyclic amines) is 1. The number of nitrogens with zero attached hydrogens (tertiary/aromatic N) is 1. The second-order valence-corrected chi connectivity index (χ2v) is 7.21. The van der Waals surface area contributed by atoms with Gasteiger partial charge in [-0.1, -0.05) is 36.4 Å². The molecule has 0 bridgehead atoms. The predicted molar refractivity (Wildman–Crippen MR) is 102 cm³/mol. The molecule has 5 heteroatoms. The van der Waals surface area contributed by atoms with Crippen LogP contribution in [0, 0.1) is 11.6 Å². The minimum absolute atomic E-state index is 0.0230. The molecule has 1 fully saturated rings. The maximum atomic E-state index is 13.5. The summed E-state index contributed by atoms with van der Waals surface area (Å²) < 4.78 is 26.6. The van der Waals surface area contributed by atoms with Crippen molar-refractivity contribution < 1.29 is 13.6 Å². The molecule has 1 heterocycles. The van der Waals surface area contributed by atoms with E-state index in [0.29, 0.717) is 6.42 Å². The van der Waals surface area contributed by atoms with Gasteiger partial charge in [0, 0.05) is 31.6 Å². The zero-order valence-corrected chi connectivity index (χ0v) is 15.6. The van der Waals surface area contributed by atoms with Gasteiger partial charge in [-0.3, -0.25) is 9.69 Å². The number of piperidine rings is 1. The molecule has 0 aromatic heterocycles. The Morgan fingerprint density at radius 1 is 1.11 bits per heavy atom. The summed E-state index contributed by atoms with van der Waals surface area (Å²) >= 11 is 0. The Morgan fingerprint density at radius 2 is 1.81 bits per heavy atom. The van der Waals surface area contributed by atoms with E-state index >= 15 is 0 Å². The third-order valence-corrected chi connectivity index (χ3v) is 5.35. The molecular formula is C22H26F2N2O. The van der Waals surface area contributed by atoms with Crippen LogP contribution >= 0.6 is 0 Å². The zero-order chi connectivity index (χ0) is 19.2. The lowest BCUT2D eigenvalue weighted by Crippen LogP contribution is -2.45. The van der Waals surface area contributed by atoms with E-state index in [1.165, 1.54) is 17.7 Å². The molecule has 1 saturated heterocycles. The minimum atomic E-state index is -0.817. The fourth-order valence-corrected chi connectivity index (χ4v) is 3.62. The third kappa shape index (κ3) is 5.36. The van der Waals surface area contributed by atoms with Crippen molar-refractivity contribution in [1.29, 1.82) is 0 Å². The first-order valence-corrected chi connectivity index (χ1v) is 9.55. The van der Waals surface area contributed by atoms with Gasteiger partial charge in [0.2, 0.25) is 5.91 Å². The van der Waals surface area contributed by atoms with Crippen molar-refractivity contribution in [1.82, 2.24) is 10.2 Å². The highest BCUT2D eigenvalue weighted by molar-refractivity contribution is 5.76. The van der Waals surface area contributed by atoms with Gasteiger partial charge in [-0.15, -0.1) is 0 Å².